The quantitative estimate of drug-likeness (QED) is 0.907. The maximum Gasteiger partial charge on any atom is 0.389 e. The number of benzene rings is 1. The van der Waals surface area contributed by atoms with Gasteiger partial charge in [0.25, 0.3) is 0 Å². The van der Waals surface area contributed by atoms with Crippen molar-refractivity contribution in [2.24, 2.45) is 0 Å². The molecule has 0 amide bonds. The second kappa shape index (κ2) is 5.03. The summed E-state index contributed by atoms with van der Waals surface area (Å²) in [4.78, 5) is 24.9. The van der Waals surface area contributed by atoms with Gasteiger partial charge in [-0.2, -0.15) is 13.2 Å². The highest BCUT2D eigenvalue weighted by Gasteiger charge is 2.26. The Bertz CT molecular complexity index is 700. The number of aromatic amines is 1. The SMILES string of the molecule is O=C(O)c1ccc2c(c1)[nH]c(=O)n2CCCC(F)(F)F. The van der Waals surface area contributed by atoms with Crippen LogP contribution in [0, 0.1) is 0 Å². The Hall–Kier alpha value is -2.25. The van der Waals surface area contributed by atoms with Gasteiger partial charge in [0.1, 0.15) is 0 Å². The van der Waals surface area contributed by atoms with Gasteiger partial charge in [-0.05, 0) is 24.6 Å². The molecular formula is C12H11F3N2O3. The smallest absolute Gasteiger partial charge is 0.389 e. The number of rotatable bonds is 4. The van der Waals surface area contributed by atoms with Crippen molar-refractivity contribution in [2.45, 2.75) is 25.6 Å². The second-order valence-electron chi connectivity index (χ2n) is 4.34. The Balaban J connectivity index is 2.28. The molecule has 0 aliphatic carbocycles. The van der Waals surface area contributed by atoms with Crippen LogP contribution in [-0.2, 0) is 6.54 Å². The number of hydrogen-bond acceptors (Lipinski definition) is 2. The minimum atomic E-state index is -4.26. The number of carboxylic acid groups (broad SMARTS) is 1. The number of aromatic nitrogens is 2. The molecule has 2 N–H and O–H groups in total. The van der Waals surface area contributed by atoms with Crippen molar-refractivity contribution >= 4 is 17.0 Å². The van der Waals surface area contributed by atoms with Crippen LogP contribution in [0.5, 0.6) is 0 Å². The van der Waals surface area contributed by atoms with E-state index in [1.807, 2.05) is 0 Å². The maximum atomic E-state index is 12.1. The molecular weight excluding hydrogens is 277 g/mol. The van der Waals surface area contributed by atoms with Gasteiger partial charge in [0, 0.05) is 13.0 Å². The molecule has 0 saturated carbocycles. The molecule has 0 aliphatic heterocycles. The van der Waals surface area contributed by atoms with Crippen LogP contribution in [0.2, 0.25) is 0 Å². The van der Waals surface area contributed by atoms with Crippen molar-refractivity contribution in [3.63, 3.8) is 0 Å². The molecule has 8 heteroatoms. The molecule has 0 saturated heterocycles. The van der Waals surface area contributed by atoms with E-state index in [9.17, 15) is 22.8 Å². The molecule has 0 atom stereocenters. The van der Waals surface area contributed by atoms with Crippen LogP contribution in [-0.4, -0.2) is 26.8 Å². The third-order valence-electron chi connectivity index (χ3n) is 2.86. The van der Waals surface area contributed by atoms with Crippen LogP contribution in [0.25, 0.3) is 11.0 Å². The third kappa shape index (κ3) is 3.01. The lowest BCUT2D eigenvalue weighted by Crippen LogP contribution is -2.18. The Kier molecular flexibility index (Phi) is 3.56. The molecule has 1 aromatic carbocycles. The maximum absolute atomic E-state index is 12.1. The number of aromatic carboxylic acids is 1. The molecule has 0 unspecified atom stereocenters. The number of alkyl halides is 3. The molecule has 0 bridgehead atoms. The molecule has 2 aromatic rings. The number of nitrogens with zero attached hydrogens (tertiary/aromatic N) is 1. The van der Waals surface area contributed by atoms with E-state index in [-0.39, 0.29) is 18.5 Å². The fraction of sp³-hybridized carbons (Fsp3) is 0.333. The first-order chi connectivity index (χ1) is 9.28. The van der Waals surface area contributed by atoms with Crippen LogP contribution in [0.4, 0.5) is 13.2 Å². The minimum absolute atomic E-state index is 0.00110. The van der Waals surface area contributed by atoms with E-state index < -0.39 is 24.3 Å². The first kappa shape index (κ1) is 14.2. The largest absolute Gasteiger partial charge is 0.478 e. The molecule has 1 aromatic heterocycles. The molecule has 108 valence electrons. The van der Waals surface area contributed by atoms with Gasteiger partial charge in [-0.25, -0.2) is 9.59 Å². The summed E-state index contributed by atoms with van der Waals surface area (Å²) >= 11 is 0. The Morgan fingerprint density at radius 1 is 1.35 bits per heavy atom. The highest BCUT2D eigenvalue weighted by atomic mass is 19.4. The van der Waals surface area contributed by atoms with Crippen molar-refractivity contribution in [2.75, 3.05) is 0 Å². The van der Waals surface area contributed by atoms with Crippen molar-refractivity contribution in [1.82, 2.24) is 9.55 Å². The van der Waals surface area contributed by atoms with Crippen LogP contribution in [0.1, 0.15) is 23.2 Å². The van der Waals surface area contributed by atoms with Gasteiger partial charge in [0.05, 0.1) is 16.6 Å². The van der Waals surface area contributed by atoms with E-state index in [1.54, 1.807) is 0 Å². The number of hydrogen-bond donors (Lipinski definition) is 2. The Labute approximate surface area is 110 Å². The average Bonchev–Trinajstić information content (AvgIpc) is 2.63. The topological polar surface area (TPSA) is 75.1 Å². The van der Waals surface area contributed by atoms with Crippen molar-refractivity contribution in [3.05, 3.63) is 34.2 Å². The van der Waals surface area contributed by atoms with Gasteiger partial charge in [-0.1, -0.05) is 0 Å². The first-order valence-corrected chi connectivity index (χ1v) is 5.80. The molecule has 0 spiro atoms. The lowest BCUT2D eigenvalue weighted by atomic mass is 10.2. The summed E-state index contributed by atoms with van der Waals surface area (Å²) in [5.74, 6) is -1.14. The van der Waals surface area contributed by atoms with Gasteiger partial charge in [0.2, 0.25) is 0 Å². The lowest BCUT2D eigenvalue weighted by molar-refractivity contribution is -0.135. The number of H-pyrrole nitrogens is 1. The third-order valence-corrected chi connectivity index (χ3v) is 2.86. The monoisotopic (exact) mass is 288 g/mol. The van der Waals surface area contributed by atoms with E-state index >= 15 is 0 Å². The fourth-order valence-corrected chi connectivity index (χ4v) is 1.96. The number of nitrogens with one attached hydrogen (secondary N) is 1. The predicted molar refractivity (Wildman–Crippen MR) is 64.8 cm³/mol. The van der Waals surface area contributed by atoms with E-state index in [0.29, 0.717) is 11.0 Å². The number of halogens is 3. The molecule has 1 heterocycles. The molecule has 0 aliphatic rings. The zero-order valence-corrected chi connectivity index (χ0v) is 10.2. The van der Waals surface area contributed by atoms with Gasteiger partial charge in [0.15, 0.2) is 0 Å². The summed E-state index contributed by atoms with van der Waals surface area (Å²) in [7, 11) is 0. The Morgan fingerprint density at radius 3 is 2.65 bits per heavy atom. The predicted octanol–water partition coefficient (Wildman–Crippen LogP) is 2.37. The number of aryl methyl sites for hydroxylation is 1. The van der Waals surface area contributed by atoms with Crippen molar-refractivity contribution in [3.8, 4) is 0 Å². The molecule has 0 fully saturated rings. The number of carbonyl (C=O) groups is 1. The minimum Gasteiger partial charge on any atom is -0.478 e. The van der Waals surface area contributed by atoms with Crippen LogP contribution >= 0.6 is 0 Å². The zero-order chi connectivity index (χ0) is 14.9. The molecule has 2 rings (SSSR count). The summed E-state index contributed by atoms with van der Waals surface area (Å²) in [6.45, 7) is -0.0786. The van der Waals surface area contributed by atoms with Crippen molar-refractivity contribution in [1.29, 1.82) is 0 Å². The van der Waals surface area contributed by atoms with Gasteiger partial charge < -0.3 is 10.1 Å². The van der Waals surface area contributed by atoms with Gasteiger partial charge in [-0.3, -0.25) is 4.57 Å². The standard InChI is InChI=1S/C12H11F3N2O3/c13-12(14,15)4-1-5-17-9-3-2-7(10(18)19)6-8(9)16-11(17)20/h2-3,6H,1,4-5H2,(H,16,20)(H,18,19). The van der Waals surface area contributed by atoms with E-state index in [2.05, 4.69) is 4.98 Å². The summed E-state index contributed by atoms with van der Waals surface area (Å²) < 4.78 is 37.4. The second-order valence-corrected chi connectivity index (χ2v) is 4.34. The van der Waals surface area contributed by atoms with Crippen LogP contribution in [0.15, 0.2) is 23.0 Å². The summed E-state index contributed by atoms with van der Waals surface area (Å²) in [6.07, 6.45) is -5.44. The highest BCUT2D eigenvalue weighted by Crippen LogP contribution is 2.22. The van der Waals surface area contributed by atoms with Gasteiger partial charge >= 0.3 is 17.8 Å². The first-order valence-electron chi connectivity index (χ1n) is 5.80. The van der Waals surface area contributed by atoms with Gasteiger partial charge in [-0.15, -0.1) is 0 Å². The Morgan fingerprint density at radius 2 is 2.05 bits per heavy atom. The molecule has 5 nitrogen and oxygen atoms in total. The van der Waals surface area contributed by atoms with E-state index in [1.165, 1.54) is 22.8 Å². The normalized spacial score (nSPS) is 11.9. The summed E-state index contributed by atoms with van der Waals surface area (Å²) in [5.41, 5.74) is 0.134. The number of imidazole rings is 1. The average molecular weight is 288 g/mol. The van der Waals surface area contributed by atoms with Crippen LogP contribution in [0.3, 0.4) is 0 Å². The van der Waals surface area contributed by atoms with E-state index in [4.69, 9.17) is 5.11 Å². The van der Waals surface area contributed by atoms with Crippen molar-refractivity contribution < 1.29 is 23.1 Å². The van der Waals surface area contributed by atoms with E-state index in [0.717, 1.165) is 0 Å². The lowest BCUT2D eigenvalue weighted by Gasteiger charge is -2.06. The summed E-state index contributed by atoms with van der Waals surface area (Å²) in [6, 6.07) is 3.99. The molecule has 0 radical (unpaired) electrons. The molecule has 20 heavy (non-hydrogen) atoms. The number of fused-ring (bicyclic) bond motifs is 1. The zero-order valence-electron chi connectivity index (χ0n) is 10.2. The fourth-order valence-electron chi connectivity index (χ4n) is 1.96. The summed E-state index contributed by atoms with van der Waals surface area (Å²) in [5, 5.41) is 8.83. The van der Waals surface area contributed by atoms with Crippen LogP contribution < -0.4 is 5.69 Å². The number of carboxylic acids is 1. The highest BCUT2D eigenvalue weighted by molar-refractivity contribution is 5.92.